The molecule has 120 valence electrons. The van der Waals surface area contributed by atoms with Crippen molar-refractivity contribution in [2.75, 3.05) is 0 Å². The molecule has 0 aliphatic heterocycles. The van der Waals surface area contributed by atoms with Gasteiger partial charge in [-0.05, 0) is 5.92 Å². The zero-order chi connectivity index (χ0) is 17.3. The number of aromatic amines is 1. The average Bonchev–Trinajstić information content (AvgIpc) is 2.94. The Bertz CT molecular complexity index is 940. The molecule has 0 spiro atoms. The fraction of sp³-hybridized carbons (Fsp3) is 0.385. The minimum atomic E-state index is -0.790. The summed E-state index contributed by atoms with van der Waals surface area (Å²) in [5.74, 6) is -0.507. The summed E-state index contributed by atoms with van der Waals surface area (Å²) in [7, 11) is 2.56. The van der Waals surface area contributed by atoms with Crippen LogP contribution in [0.15, 0.2) is 19.8 Å². The number of nitrogens with zero attached hydrogens (tertiary/aromatic N) is 6. The molecule has 2 aromatic heterocycles. The van der Waals surface area contributed by atoms with Gasteiger partial charge in [0.15, 0.2) is 5.82 Å². The maximum atomic E-state index is 12.0. The molecule has 0 aliphatic rings. The van der Waals surface area contributed by atoms with Crippen LogP contribution in [0.1, 0.15) is 25.5 Å². The van der Waals surface area contributed by atoms with Gasteiger partial charge in [-0.1, -0.05) is 13.8 Å². The predicted molar refractivity (Wildman–Crippen MR) is 81.7 cm³/mol. The summed E-state index contributed by atoms with van der Waals surface area (Å²) in [6.07, 6.45) is 0. The molecule has 0 bridgehead atoms. The zero-order valence-corrected chi connectivity index (χ0v) is 13.0. The number of hydrogen-bond acceptors (Lipinski definition) is 6. The van der Waals surface area contributed by atoms with Gasteiger partial charge in [-0.25, -0.2) is 9.64 Å². The largest absolute Gasteiger partial charge is 0.493 e. The highest BCUT2D eigenvalue weighted by atomic mass is 16.3. The van der Waals surface area contributed by atoms with E-state index in [0.29, 0.717) is 5.69 Å². The van der Waals surface area contributed by atoms with Gasteiger partial charge in [0.25, 0.3) is 11.2 Å². The van der Waals surface area contributed by atoms with E-state index in [1.54, 1.807) is 0 Å². The van der Waals surface area contributed by atoms with Crippen LogP contribution in [0.5, 0.6) is 5.88 Å². The van der Waals surface area contributed by atoms with Gasteiger partial charge in [-0.15, -0.1) is 10.2 Å². The summed E-state index contributed by atoms with van der Waals surface area (Å²) in [5, 5.41) is 23.9. The third kappa shape index (κ3) is 2.64. The van der Waals surface area contributed by atoms with Gasteiger partial charge in [0.05, 0.1) is 12.3 Å². The highest BCUT2D eigenvalue weighted by molar-refractivity contribution is 5.66. The lowest BCUT2D eigenvalue weighted by Gasteiger charge is -2.05. The topological polar surface area (TPSA) is 122 Å². The van der Waals surface area contributed by atoms with Crippen molar-refractivity contribution < 1.29 is 5.11 Å². The van der Waals surface area contributed by atoms with Crippen molar-refractivity contribution in [3.8, 4) is 5.88 Å². The van der Waals surface area contributed by atoms with Crippen molar-refractivity contribution in [1.29, 1.82) is 0 Å². The van der Waals surface area contributed by atoms with E-state index in [0.717, 1.165) is 9.13 Å². The van der Waals surface area contributed by atoms with Crippen LogP contribution in [0.3, 0.4) is 0 Å². The number of aromatic hydroxyl groups is 1. The highest BCUT2D eigenvalue weighted by Gasteiger charge is 2.18. The van der Waals surface area contributed by atoms with Gasteiger partial charge in [0.1, 0.15) is 0 Å². The average molecular weight is 317 g/mol. The fourth-order valence-corrected chi connectivity index (χ4v) is 1.93. The van der Waals surface area contributed by atoms with E-state index in [1.807, 2.05) is 13.8 Å². The van der Waals surface area contributed by atoms with Crippen LogP contribution in [-0.2, 0) is 14.1 Å². The highest BCUT2D eigenvalue weighted by Crippen LogP contribution is 2.34. The molecule has 2 aromatic rings. The Hall–Kier alpha value is -3.22. The first-order chi connectivity index (χ1) is 10.8. The lowest BCUT2D eigenvalue weighted by molar-refractivity contribution is 0.413. The van der Waals surface area contributed by atoms with Crippen LogP contribution in [-0.4, -0.2) is 24.4 Å². The van der Waals surface area contributed by atoms with E-state index in [-0.39, 0.29) is 17.4 Å². The lowest BCUT2D eigenvalue weighted by atomic mass is 10.1. The number of nitrogens with one attached hydrogen (secondary N) is 1. The Balaban J connectivity index is 2.58. The van der Waals surface area contributed by atoms with E-state index in [9.17, 15) is 14.7 Å². The number of rotatable bonds is 3. The van der Waals surface area contributed by atoms with Gasteiger partial charge >= 0.3 is 5.69 Å². The van der Waals surface area contributed by atoms with Crippen LogP contribution in [0.2, 0.25) is 0 Å². The van der Waals surface area contributed by atoms with Gasteiger partial charge in [0.2, 0.25) is 11.6 Å². The molecule has 0 unspecified atom stereocenters. The van der Waals surface area contributed by atoms with Crippen molar-refractivity contribution in [2.24, 2.45) is 24.3 Å². The van der Waals surface area contributed by atoms with Crippen molar-refractivity contribution in [2.45, 2.75) is 19.8 Å². The van der Waals surface area contributed by atoms with E-state index in [4.69, 9.17) is 6.57 Å². The molecular weight excluding hydrogens is 302 g/mol. The maximum absolute atomic E-state index is 12.0. The SMILES string of the molecule is [C-]#[N+]c1c(C(C)C)n[nH]c1/N=N/c1c(O)n(C)c(=O)n(C)c1=O. The molecule has 0 saturated carbocycles. The van der Waals surface area contributed by atoms with Crippen molar-refractivity contribution >= 4 is 17.2 Å². The number of hydrogen-bond donors (Lipinski definition) is 2. The van der Waals surface area contributed by atoms with Gasteiger partial charge in [0, 0.05) is 14.1 Å². The number of aromatic nitrogens is 4. The molecule has 2 N–H and O–H groups in total. The van der Waals surface area contributed by atoms with Gasteiger partial charge < -0.3 is 5.11 Å². The molecule has 23 heavy (non-hydrogen) atoms. The molecule has 0 radical (unpaired) electrons. The third-order valence-electron chi connectivity index (χ3n) is 3.27. The molecule has 2 rings (SSSR count). The van der Waals surface area contributed by atoms with Gasteiger partial charge in [-0.2, -0.15) is 5.10 Å². The van der Waals surface area contributed by atoms with Crippen LogP contribution < -0.4 is 11.2 Å². The minimum absolute atomic E-state index is 0.0121. The summed E-state index contributed by atoms with van der Waals surface area (Å²) in [5.41, 5.74) is -1.14. The van der Waals surface area contributed by atoms with Crippen LogP contribution in [0, 0.1) is 6.57 Å². The molecule has 0 aliphatic carbocycles. The second kappa shape index (κ2) is 5.88. The summed E-state index contributed by atoms with van der Waals surface area (Å²) in [6, 6.07) is 0. The van der Waals surface area contributed by atoms with Crippen molar-refractivity contribution in [3.05, 3.63) is 37.9 Å². The summed E-state index contributed by atoms with van der Waals surface area (Å²) < 4.78 is 1.67. The number of H-pyrrole nitrogens is 1. The van der Waals surface area contributed by atoms with E-state index in [2.05, 4.69) is 25.3 Å². The standard InChI is InChI=1S/C13H15N7O3/c1-6(2)7-8(14-3)10(17-15-7)18-16-9-11(21)19(4)13(23)20(5)12(9)22/h6,21H,1-2,4-5H3,(H,15,17)/b18-16+. The Labute approximate surface area is 130 Å². The van der Waals surface area contributed by atoms with Crippen LogP contribution in [0.4, 0.5) is 17.2 Å². The zero-order valence-electron chi connectivity index (χ0n) is 13.0. The van der Waals surface area contributed by atoms with Crippen molar-refractivity contribution in [1.82, 2.24) is 19.3 Å². The number of azo groups is 1. The smallest absolute Gasteiger partial charge is 0.333 e. The molecule has 0 atom stereocenters. The third-order valence-corrected chi connectivity index (χ3v) is 3.27. The van der Waals surface area contributed by atoms with Gasteiger partial charge in [-0.3, -0.25) is 19.0 Å². The lowest BCUT2D eigenvalue weighted by Crippen LogP contribution is -2.36. The predicted octanol–water partition coefficient (Wildman–Crippen LogP) is 1.60. The first-order valence-electron chi connectivity index (χ1n) is 6.66. The maximum Gasteiger partial charge on any atom is 0.333 e. The summed E-state index contributed by atoms with van der Waals surface area (Å²) in [6.45, 7) is 11.0. The van der Waals surface area contributed by atoms with E-state index >= 15 is 0 Å². The molecule has 2 heterocycles. The Kier molecular flexibility index (Phi) is 4.13. The van der Waals surface area contributed by atoms with E-state index < -0.39 is 22.8 Å². The fourth-order valence-electron chi connectivity index (χ4n) is 1.93. The second-order valence-electron chi connectivity index (χ2n) is 5.15. The van der Waals surface area contributed by atoms with Crippen LogP contribution in [0.25, 0.3) is 4.85 Å². The van der Waals surface area contributed by atoms with E-state index in [1.165, 1.54) is 14.1 Å². The summed E-state index contributed by atoms with van der Waals surface area (Å²) in [4.78, 5) is 27.0. The van der Waals surface area contributed by atoms with Crippen LogP contribution >= 0.6 is 0 Å². The molecule has 10 nitrogen and oxygen atoms in total. The molecule has 10 heteroatoms. The molecule has 0 saturated heterocycles. The first kappa shape index (κ1) is 16.2. The molecule has 0 aromatic carbocycles. The normalized spacial score (nSPS) is 11.3. The molecule has 0 fully saturated rings. The summed E-state index contributed by atoms with van der Waals surface area (Å²) >= 11 is 0. The molecule has 0 amide bonds. The molecular formula is C13H15N7O3. The minimum Gasteiger partial charge on any atom is -0.493 e. The Morgan fingerprint density at radius 2 is 1.91 bits per heavy atom. The monoisotopic (exact) mass is 317 g/mol. The Morgan fingerprint density at radius 1 is 1.26 bits per heavy atom. The second-order valence-corrected chi connectivity index (χ2v) is 5.15. The van der Waals surface area contributed by atoms with Crippen molar-refractivity contribution in [3.63, 3.8) is 0 Å². The first-order valence-corrected chi connectivity index (χ1v) is 6.66. The quantitative estimate of drug-likeness (QED) is 0.659. The Morgan fingerprint density at radius 3 is 2.48 bits per heavy atom.